The molecule has 9 nitrogen and oxygen atoms in total. The first-order valence-electron chi connectivity index (χ1n) is 14.4. The number of ether oxygens (including phenoxy) is 2. The van der Waals surface area contributed by atoms with Crippen molar-refractivity contribution in [3.8, 4) is 11.5 Å². The maximum absolute atomic E-state index is 13.5. The van der Waals surface area contributed by atoms with Gasteiger partial charge < -0.3 is 30.3 Å². The van der Waals surface area contributed by atoms with E-state index in [2.05, 4.69) is 33.0 Å². The number of carbonyl (C=O) groups is 2. The summed E-state index contributed by atoms with van der Waals surface area (Å²) in [6.07, 6.45) is 1.73. The SMILES string of the molecule is COc1cccc2c1C1CN(CCCCN3C(=O)NC4C(SC5NCC(c6ccccc6)NC54)C3=O)CC1CO2. The second-order valence-corrected chi connectivity index (χ2v) is 12.8. The van der Waals surface area contributed by atoms with Crippen molar-refractivity contribution < 1.29 is 19.1 Å². The molecule has 0 spiro atoms. The third kappa shape index (κ3) is 4.64. The number of imide groups is 1. The summed E-state index contributed by atoms with van der Waals surface area (Å²) in [4.78, 5) is 30.5. The first kappa shape index (κ1) is 26.1. The number of nitrogens with one attached hydrogen (secondary N) is 3. The average molecular weight is 564 g/mol. The number of carbonyl (C=O) groups excluding carboxylic acids is 2. The van der Waals surface area contributed by atoms with Crippen molar-refractivity contribution >= 4 is 23.7 Å². The van der Waals surface area contributed by atoms with Crippen molar-refractivity contribution in [2.75, 3.05) is 46.4 Å². The smallest absolute Gasteiger partial charge is 0.324 e. The van der Waals surface area contributed by atoms with E-state index in [1.165, 1.54) is 16.0 Å². The Morgan fingerprint density at radius 2 is 1.88 bits per heavy atom. The van der Waals surface area contributed by atoms with Crippen LogP contribution in [0, 0.1) is 5.92 Å². The monoisotopic (exact) mass is 563 g/mol. The molecule has 10 heteroatoms. The number of piperazine rings is 1. The van der Waals surface area contributed by atoms with Gasteiger partial charge in [-0.05, 0) is 37.1 Å². The second-order valence-electron chi connectivity index (χ2n) is 11.5. The number of thioether (sulfide) groups is 1. The summed E-state index contributed by atoms with van der Waals surface area (Å²) in [5, 5.41) is 10.3. The zero-order chi connectivity index (χ0) is 27.2. The highest BCUT2D eigenvalue weighted by molar-refractivity contribution is 8.01. The lowest BCUT2D eigenvalue weighted by Gasteiger charge is -2.39. The maximum Gasteiger partial charge on any atom is 0.324 e. The molecule has 2 aromatic rings. The molecule has 7 rings (SSSR count). The fourth-order valence-corrected chi connectivity index (χ4v) is 8.77. The minimum atomic E-state index is -0.265. The third-order valence-corrected chi connectivity index (χ3v) is 10.7. The van der Waals surface area contributed by atoms with Crippen LogP contribution in [0.15, 0.2) is 48.5 Å². The predicted octanol–water partition coefficient (Wildman–Crippen LogP) is 2.55. The number of hydrogen-bond acceptors (Lipinski definition) is 8. The van der Waals surface area contributed by atoms with Crippen LogP contribution in [-0.2, 0) is 4.79 Å². The van der Waals surface area contributed by atoms with Crippen molar-refractivity contribution in [2.24, 2.45) is 5.92 Å². The summed E-state index contributed by atoms with van der Waals surface area (Å²) in [5.74, 6) is 2.68. The van der Waals surface area contributed by atoms with Gasteiger partial charge in [0, 0.05) is 49.6 Å². The van der Waals surface area contributed by atoms with E-state index in [1.54, 1.807) is 18.9 Å². The van der Waals surface area contributed by atoms with Crippen LogP contribution in [0.25, 0.3) is 0 Å². The quantitative estimate of drug-likeness (QED) is 0.443. The predicted molar refractivity (Wildman–Crippen MR) is 154 cm³/mol. The first-order valence-corrected chi connectivity index (χ1v) is 15.4. The molecule has 4 saturated heterocycles. The van der Waals surface area contributed by atoms with Gasteiger partial charge in [-0.1, -0.05) is 36.4 Å². The molecule has 4 fully saturated rings. The molecule has 7 unspecified atom stereocenters. The molecule has 212 valence electrons. The molecular formula is C30H37N5O4S. The van der Waals surface area contributed by atoms with E-state index in [4.69, 9.17) is 9.47 Å². The van der Waals surface area contributed by atoms with Gasteiger partial charge >= 0.3 is 6.03 Å². The third-order valence-electron chi connectivity index (χ3n) is 9.19. The summed E-state index contributed by atoms with van der Waals surface area (Å²) in [6, 6.07) is 16.1. The number of benzene rings is 2. The Morgan fingerprint density at radius 1 is 1.02 bits per heavy atom. The maximum atomic E-state index is 13.5. The van der Waals surface area contributed by atoms with Crippen molar-refractivity contribution in [1.29, 1.82) is 0 Å². The Bertz CT molecular complexity index is 1250. The summed E-state index contributed by atoms with van der Waals surface area (Å²) in [7, 11) is 1.72. The van der Waals surface area contributed by atoms with E-state index < -0.39 is 0 Å². The second kappa shape index (κ2) is 10.9. The van der Waals surface area contributed by atoms with E-state index in [0.29, 0.717) is 18.4 Å². The molecule has 40 heavy (non-hydrogen) atoms. The minimum absolute atomic E-state index is 0.00967. The zero-order valence-corrected chi connectivity index (χ0v) is 23.6. The highest BCUT2D eigenvalue weighted by Gasteiger charge is 2.54. The van der Waals surface area contributed by atoms with Gasteiger partial charge in [0.2, 0.25) is 5.91 Å². The Morgan fingerprint density at radius 3 is 2.73 bits per heavy atom. The molecule has 5 aliphatic rings. The number of fused-ring (bicyclic) bond motifs is 6. The molecule has 0 bridgehead atoms. The fourth-order valence-electron chi connectivity index (χ4n) is 7.19. The molecule has 2 aromatic carbocycles. The Labute approximate surface area is 239 Å². The average Bonchev–Trinajstić information content (AvgIpc) is 3.58. The van der Waals surface area contributed by atoms with E-state index in [-0.39, 0.29) is 40.7 Å². The molecule has 5 aliphatic heterocycles. The van der Waals surface area contributed by atoms with Crippen LogP contribution in [0.1, 0.15) is 35.9 Å². The summed E-state index contributed by atoms with van der Waals surface area (Å²) >= 11 is 1.65. The Kier molecular flexibility index (Phi) is 7.11. The van der Waals surface area contributed by atoms with Crippen LogP contribution in [-0.4, -0.2) is 90.9 Å². The standard InChI is InChI=1S/C30H37N5O4S/c1-38-22-10-7-11-23-24(22)20-16-34(15-19(20)17-39-23)12-5-6-13-35-29(36)27-25(33-30(35)37)26-28(40-27)31-14-21(32-26)18-8-3-2-4-9-18/h2-4,7-11,19-21,25-28,31-32H,5-6,12-17H2,1H3,(H,33,37). The highest BCUT2D eigenvalue weighted by atomic mass is 32.2. The highest BCUT2D eigenvalue weighted by Crippen LogP contribution is 2.46. The number of unbranched alkanes of at least 4 members (excludes halogenated alkanes) is 1. The number of rotatable bonds is 7. The number of methoxy groups -OCH3 is 1. The summed E-state index contributed by atoms with van der Waals surface area (Å²) in [5.41, 5.74) is 2.41. The van der Waals surface area contributed by atoms with Crippen molar-refractivity contribution in [1.82, 2.24) is 25.8 Å². The van der Waals surface area contributed by atoms with Gasteiger partial charge in [-0.15, -0.1) is 11.8 Å². The molecule has 0 aliphatic carbocycles. The van der Waals surface area contributed by atoms with Crippen molar-refractivity contribution in [3.63, 3.8) is 0 Å². The first-order chi connectivity index (χ1) is 19.6. The molecule has 0 aromatic heterocycles. The van der Waals surface area contributed by atoms with Gasteiger partial charge in [-0.3, -0.25) is 9.69 Å². The van der Waals surface area contributed by atoms with Crippen molar-refractivity contribution in [2.45, 2.75) is 47.5 Å². The normalized spacial score (nSPS) is 32.9. The van der Waals surface area contributed by atoms with Crippen molar-refractivity contribution in [3.05, 3.63) is 59.7 Å². The summed E-state index contributed by atoms with van der Waals surface area (Å²) < 4.78 is 11.7. The Balaban J connectivity index is 0.920. The molecule has 0 saturated carbocycles. The number of likely N-dealkylation sites (tertiary alicyclic amines) is 1. The van der Waals surface area contributed by atoms with Gasteiger partial charge in [-0.25, -0.2) is 4.79 Å². The lowest BCUT2D eigenvalue weighted by molar-refractivity contribution is -0.129. The summed E-state index contributed by atoms with van der Waals surface area (Å²) in [6.45, 7) is 4.92. The molecule has 5 heterocycles. The van der Waals surface area contributed by atoms with Crippen LogP contribution >= 0.6 is 11.8 Å². The topological polar surface area (TPSA) is 95.2 Å². The van der Waals surface area contributed by atoms with Gasteiger partial charge in [0.15, 0.2) is 0 Å². The molecular weight excluding hydrogens is 526 g/mol. The van der Waals surface area contributed by atoms with Crippen LogP contribution in [0.4, 0.5) is 4.79 Å². The van der Waals surface area contributed by atoms with Crippen LogP contribution < -0.4 is 25.4 Å². The number of nitrogens with zero attached hydrogens (tertiary/aromatic N) is 2. The van der Waals surface area contributed by atoms with Crippen LogP contribution in [0.3, 0.4) is 0 Å². The van der Waals surface area contributed by atoms with E-state index in [1.807, 2.05) is 36.4 Å². The van der Waals surface area contributed by atoms with Crippen LogP contribution in [0.5, 0.6) is 11.5 Å². The Hall–Kier alpha value is -2.79. The van der Waals surface area contributed by atoms with Crippen LogP contribution in [0.2, 0.25) is 0 Å². The lowest BCUT2D eigenvalue weighted by Crippen LogP contribution is -2.67. The van der Waals surface area contributed by atoms with Gasteiger partial charge in [0.1, 0.15) is 16.7 Å². The van der Waals surface area contributed by atoms with Gasteiger partial charge in [0.25, 0.3) is 0 Å². The zero-order valence-electron chi connectivity index (χ0n) is 22.8. The minimum Gasteiger partial charge on any atom is -0.496 e. The number of amides is 3. The van der Waals surface area contributed by atoms with Gasteiger partial charge in [-0.2, -0.15) is 0 Å². The molecule has 3 amide bonds. The lowest BCUT2D eigenvalue weighted by atomic mass is 9.86. The van der Waals surface area contributed by atoms with Gasteiger partial charge in [0.05, 0.1) is 31.2 Å². The number of hydrogen-bond donors (Lipinski definition) is 3. The van der Waals surface area contributed by atoms with E-state index in [9.17, 15) is 9.59 Å². The largest absolute Gasteiger partial charge is 0.496 e. The number of urea groups is 1. The van der Waals surface area contributed by atoms with E-state index >= 15 is 0 Å². The fraction of sp³-hybridized carbons (Fsp3) is 0.533. The molecule has 7 atom stereocenters. The molecule has 0 radical (unpaired) electrons. The van der Waals surface area contributed by atoms with E-state index in [0.717, 1.165) is 57.1 Å². The molecule has 3 N–H and O–H groups in total.